The van der Waals surface area contributed by atoms with Crippen molar-refractivity contribution in [3.05, 3.63) is 57.9 Å². The molecule has 2 N–H and O–H groups in total. The van der Waals surface area contributed by atoms with E-state index in [4.69, 9.17) is 5.73 Å². The number of hydrogen-bond acceptors (Lipinski definition) is 3. The Morgan fingerprint density at radius 1 is 1.20 bits per heavy atom. The summed E-state index contributed by atoms with van der Waals surface area (Å²) in [4.78, 5) is 2.36. The topological polar surface area (TPSA) is 29.3 Å². The van der Waals surface area contributed by atoms with Crippen LogP contribution in [0.2, 0.25) is 0 Å². The molecule has 0 bridgehead atoms. The average molecular weight is 366 g/mol. The molecule has 2 heterocycles. The second kappa shape index (κ2) is 6.09. The average Bonchev–Trinajstić information content (AvgIpc) is 3.06. The van der Waals surface area contributed by atoms with Crippen molar-refractivity contribution in [2.24, 2.45) is 11.1 Å². The van der Waals surface area contributed by atoms with E-state index in [0.29, 0.717) is 18.9 Å². The highest BCUT2D eigenvalue weighted by molar-refractivity contribution is 8.02. The molecule has 3 unspecified atom stereocenters. The Balaban J connectivity index is 1.55. The lowest BCUT2D eigenvalue weighted by atomic mass is 9.82. The van der Waals surface area contributed by atoms with Crippen LogP contribution in [0.4, 0.5) is 13.2 Å². The van der Waals surface area contributed by atoms with Gasteiger partial charge in [-0.15, -0.1) is 11.8 Å². The zero-order valence-electron chi connectivity index (χ0n) is 14.1. The first-order valence-electron chi connectivity index (χ1n) is 8.52. The maximum absolute atomic E-state index is 14.1. The third-order valence-corrected chi connectivity index (χ3v) is 6.97. The molecule has 1 aromatic carbocycles. The number of nitrogens with zero attached hydrogens (tertiary/aromatic N) is 1. The van der Waals surface area contributed by atoms with Crippen molar-refractivity contribution >= 4 is 11.8 Å². The van der Waals surface area contributed by atoms with Gasteiger partial charge in [-0.3, -0.25) is 0 Å². The number of allylic oxidation sites excluding steroid dienone is 1. The van der Waals surface area contributed by atoms with E-state index in [1.807, 2.05) is 11.8 Å². The fourth-order valence-corrected chi connectivity index (χ4v) is 5.45. The van der Waals surface area contributed by atoms with Gasteiger partial charge >= 0.3 is 0 Å². The van der Waals surface area contributed by atoms with Crippen LogP contribution in [0, 0.1) is 22.9 Å². The SMILES string of the molecule is CC12CSC=C1CN(C1=CCC(c3cc(F)c(F)cc3F)C(N)C1)C2. The van der Waals surface area contributed by atoms with Gasteiger partial charge in [-0.25, -0.2) is 13.2 Å². The van der Waals surface area contributed by atoms with Gasteiger partial charge in [-0.05, 0) is 29.0 Å². The lowest BCUT2D eigenvalue weighted by Gasteiger charge is -2.34. The molecule has 1 aliphatic carbocycles. The first-order chi connectivity index (χ1) is 11.9. The Hall–Kier alpha value is -1.40. The van der Waals surface area contributed by atoms with Gasteiger partial charge in [-0.1, -0.05) is 13.0 Å². The lowest BCUT2D eigenvalue weighted by molar-refractivity contribution is 0.323. The minimum absolute atomic E-state index is 0.172. The van der Waals surface area contributed by atoms with E-state index in [-0.39, 0.29) is 22.9 Å². The maximum Gasteiger partial charge on any atom is 0.161 e. The largest absolute Gasteiger partial charge is 0.370 e. The van der Waals surface area contributed by atoms with Crippen LogP contribution in [0.5, 0.6) is 0 Å². The molecule has 25 heavy (non-hydrogen) atoms. The Morgan fingerprint density at radius 2 is 1.96 bits per heavy atom. The van der Waals surface area contributed by atoms with Crippen LogP contribution in [0.3, 0.4) is 0 Å². The maximum atomic E-state index is 14.1. The Labute approximate surface area is 149 Å². The van der Waals surface area contributed by atoms with Crippen molar-refractivity contribution in [1.82, 2.24) is 4.90 Å². The number of rotatable bonds is 2. The highest BCUT2D eigenvalue weighted by Gasteiger charge is 2.42. The van der Waals surface area contributed by atoms with Gasteiger partial charge in [0.2, 0.25) is 0 Å². The fraction of sp³-hybridized carbons (Fsp3) is 0.474. The minimum atomic E-state index is -1.16. The number of nitrogens with two attached hydrogens (primary N) is 1. The standard InChI is InChI=1S/C19H21F3N2S/c1-19-9-24(7-11(19)8-25-10-19)12-2-3-13(18(23)4-12)14-5-16(21)17(22)6-15(14)20/h2,5-6,8,13,18H,3-4,7,9-10,23H2,1H3. The molecule has 0 radical (unpaired) electrons. The van der Waals surface area contributed by atoms with Gasteiger partial charge in [0.25, 0.3) is 0 Å². The molecule has 2 aliphatic heterocycles. The van der Waals surface area contributed by atoms with Crippen LogP contribution >= 0.6 is 11.8 Å². The van der Waals surface area contributed by atoms with Gasteiger partial charge < -0.3 is 10.6 Å². The zero-order valence-corrected chi connectivity index (χ0v) is 14.9. The first kappa shape index (κ1) is 17.0. The van der Waals surface area contributed by atoms with Crippen LogP contribution in [0.25, 0.3) is 0 Å². The summed E-state index contributed by atoms with van der Waals surface area (Å²) in [6.45, 7) is 4.20. The summed E-state index contributed by atoms with van der Waals surface area (Å²) in [7, 11) is 0. The Morgan fingerprint density at radius 3 is 2.68 bits per heavy atom. The molecular weight excluding hydrogens is 345 g/mol. The molecule has 3 atom stereocenters. The second-order valence-corrected chi connectivity index (χ2v) is 8.42. The van der Waals surface area contributed by atoms with Crippen LogP contribution in [-0.4, -0.2) is 29.8 Å². The van der Waals surface area contributed by atoms with Crippen molar-refractivity contribution < 1.29 is 13.2 Å². The molecule has 0 amide bonds. The van der Waals surface area contributed by atoms with E-state index in [9.17, 15) is 13.2 Å². The number of halogens is 3. The summed E-state index contributed by atoms with van der Waals surface area (Å²) in [5.41, 5.74) is 9.37. The van der Waals surface area contributed by atoms with Crippen LogP contribution in [-0.2, 0) is 0 Å². The van der Waals surface area contributed by atoms with Crippen molar-refractivity contribution in [1.29, 1.82) is 0 Å². The molecule has 134 valence electrons. The molecule has 3 aliphatic rings. The van der Waals surface area contributed by atoms with E-state index in [2.05, 4.69) is 23.3 Å². The third-order valence-electron chi connectivity index (χ3n) is 5.72. The van der Waals surface area contributed by atoms with E-state index in [1.165, 1.54) is 11.3 Å². The number of hydrogen-bond donors (Lipinski definition) is 1. The van der Waals surface area contributed by atoms with E-state index < -0.39 is 17.5 Å². The number of thioether (sulfide) groups is 1. The van der Waals surface area contributed by atoms with Crippen LogP contribution < -0.4 is 5.73 Å². The third kappa shape index (κ3) is 2.89. The van der Waals surface area contributed by atoms with Gasteiger partial charge in [0.15, 0.2) is 11.6 Å². The highest BCUT2D eigenvalue weighted by atomic mass is 32.2. The van der Waals surface area contributed by atoms with Gasteiger partial charge in [0, 0.05) is 54.4 Å². The van der Waals surface area contributed by atoms with E-state index >= 15 is 0 Å². The number of fused-ring (bicyclic) bond motifs is 1. The Bertz CT molecular complexity index is 776. The molecule has 2 nitrogen and oxygen atoms in total. The molecule has 4 rings (SSSR count). The van der Waals surface area contributed by atoms with E-state index in [0.717, 1.165) is 24.9 Å². The molecule has 1 fully saturated rings. The predicted molar refractivity (Wildman–Crippen MR) is 94.6 cm³/mol. The lowest BCUT2D eigenvalue weighted by Crippen LogP contribution is -2.36. The van der Waals surface area contributed by atoms with Gasteiger partial charge in [0.1, 0.15) is 5.82 Å². The summed E-state index contributed by atoms with van der Waals surface area (Å²) in [6.07, 6.45) is 3.26. The second-order valence-electron chi connectivity index (χ2n) is 7.56. The fourth-order valence-electron chi connectivity index (χ4n) is 4.17. The van der Waals surface area contributed by atoms with Crippen molar-refractivity contribution in [3.8, 4) is 0 Å². The van der Waals surface area contributed by atoms with Crippen molar-refractivity contribution in [2.75, 3.05) is 18.8 Å². The number of likely N-dealkylation sites (tertiary alicyclic amines) is 1. The summed E-state index contributed by atoms with van der Waals surface area (Å²) in [5.74, 6) is -2.12. The van der Waals surface area contributed by atoms with Crippen molar-refractivity contribution in [2.45, 2.75) is 31.7 Å². The predicted octanol–water partition coefficient (Wildman–Crippen LogP) is 4.15. The molecule has 1 saturated heterocycles. The van der Waals surface area contributed by atoms with Crippen molar-refractivity contribution in [3.63, 3.8) is 0 Å². The molecule has 1 aromatic rings. The molecule has 0 spiro atoms. The quantitative estimate of drug-likeness (QED) is 0.798. The van der Waals surface area contributed by atoms with E-state index in [1.54, 1.807) is 0 Å². The number of benzene rings is 1. The monoisotopic (exact) mass is 366 g/mol. The minimum Gasteiger partial charge on any atom is -0.370 e. The molecule has 0 aromatic heterocycles. The summed E-state index contributed by atoms with van der Waals surface area (Å²) in [5, 5.41) is 2.27. The summed E-state index contributed by atoms with van der Waals surface area (Å²) >= 11 is 1.88. The Kier molecular flexibility index (Phi) is 4.15. The highest BCUT2D eigenvalue weighted by Crippen LogP contribution is 2.47. The van der Waals surface area contributed by atoms with Crippen LogP contribution in [0.15, 0.2) is 34.9 Å². The summed E-state index contributed by atoms with van der Waals surface area (Å²) < 4.78 is 40.8. The molecular formula is C19H21F3N2S. The first-order valence-corrected chi connectivity index (χ1v) is 9.57. The van der Waals surface area contributed by atoms with Gasteiger partial charge in [-0.2, -0.15) is 0 Å². The summed E-state index contributed by atoms with van der Waals surface area (Å²) in [6, 6.07) is 1.26. The smallest absolute Gasteiger partial charge is 0.161 e. The van der Waals surface area contributed by atoms with Crippen LogP contribution in [0.1, 0.15) is 31.2 Å². The molecule has 6 heteroatoms. The normalized spacial score (nSPS) is 31.8. The van der Waals surface area contributed by atoms with Gasteiger partial charge in [0.05, 0.1) is 0 Å². The molecule has 0 saturated carbocycles. The zero-order chi connectivity index (χ0) is 17.8.